The van der Waals surface area contributed by atoms with Crippen molar-refractivity contribution >= 4 is 30.0 Å². The predicted molar refractivity (Wildman–Crippen MR) is 217 cm³/mol. The summed E-state index contributed by atoms with van der Waals surface area (Å²) in [7, 11) is 1.56. The van der Waals surface area contributed by atoms with Crippen LogP contribution in [-0.2, 0) is 32.3 Å². The quantitative estimate of drug-likeness (QED) is 0.0537. The summed E-state index contributed by atoms with van der Waals surface area (Å²) < 4.78 is 16.1. The average Bonchev–Trinajstić information content (AvgIpc) is 3.24. The van der Waals surface area contributed by atoms with Crippen molar-refractivity contribution in [3.8, 4) is 5.75 Å². The Balaban J connectivity index is 1.37. The first-order chi connectivity index (χ1) is 27.7. The van der Waals surface area contributed by atoms with E-state index < -0.39 is 36.1 Å². The molecule has 0 aromatic heterocycles. The molecule has 0 saturated heterocycles. The number of guanidine groups is 1. The maximum atomic E-state index is 15.0. The predicted octanol–water partition coefficient (Wildman–Crippen LogP) is 7.26. The lowest BCUT2D eigenvalue weighted by atomic mass is 9.88. The van der Waals surface area contributed by atoms with E-state index in [4.69, 9.17) is 19.9 Å². The summed E-state index contributed by atoms with van der Waals surface area (Å²) >= 11 is 0. The molecule has 0 aliphatic heterocycles. The number of carbonyl (C=O) groups is 4. The van der Waals surface area contributed by atoms with Crippen molar-refractivity contribution in [2.75, 3.05) is 13.7 Å². The van der Waals surface area contributed by atoms with Gasteiger partial charge in [0, 0.05) is 6.54 Å². The van der Waals surface area contributed by atoms with E-state index in [2.05, 4.69) is 15.6 Å². The van der Waals surface area contributed by atoms with Gasteiger partial charge >= 0.3 is 12.2 Å². The van der Waals surface area contributed by atoms with Crippen molar-refractivity contribution in [1.29, 1.82) is 0 Å². The fraction of sp³-hybridized carbons (Fsp3) is 0.222. The first-order valence-corrected chi connectivity index (χ1v) is 18.6. The van der Waals surface area contributed by atoms with Gasteiger partial charge in [-0.05, 0) is 59.7 Å². The standard InChI is InChI=1S/C45H47N5O7/c1-32(37-25-15-26-38(29-37)55-2)50(42(52)40(35-21-11-5-12-22-35)36-23-13-6-14-24-36)39(41(46)51)27-16-28-47-43(48-44(53)56-30-33-17-7-3-8-18-33)49-45(54)57-31-34-19-9-4-10-20-34/h3-15,17-26,29,32,39-40H,16,27-28,30-31H2,1-2H3,(H2,46,51)(H2,47,48,49,53,54)/t32-,39-/m1/s1. The van der Waals surface area contributed by atoms with Crippen molar-refractivity contribution < 1.29 is 33.4 Å². The van der Waals surface area contributed by atoms with E-state index in [0.29, 0.717) is 5.75 Å². The second-order valence-corrected chi connectivity index (χ2v) is 13.1. The summed E-state index contributed by atoms with van der Waals surface area (Å²) in [6.07, 6.45) is -1.41. The highest BCUT2D eigenvalue weighted by atomic mass is 16.6. The number of hydrogen-bond donors (Lipinski definition) is 3. The molecule has 0 bridgehead atoms. The van der Waals surface area contributed by atoms with E-state index in [9.17, 15) is 14.4 Å². The van der Waals surface area contributed by atoms with Gasteiger partial charge in [-0.2, -0.15) is 0 Å². The zero-order chi connectivity index (χ0) is 40.4. The number of rotatable bonds is 16. The maximum absolute atomic E-state index is 15.0. The molecule has 5 aromatic carbocycles. The zero-order valence-electron chi connectivity index (χ0n) is 32.0. The molecule has 4 amide bonds. The summed E-state index contributed by atoms with van der Waals surface area (Å²) in [6, 6.07) is 42.6. The van der Waals surface area contributed by atoms with Crippen LogP contribution >= 0.6 is 0 Å². The van der Waals surface area contributed by atoms with Gasteiger partial charge in [0.2, 0.25) is 17.8 Å². The van der Waals surface area contributed by atoms with E-state index in [0.717, 1.165) is 27.8 Å². The zero-order valence-corrected chi connectivity index (χ0v) is 32.0. The maximum Gasteiger partial charge on any atom is 0.437 e. The lowest BCUT2D eigenvalue weighted by Gasteiger charge is -2.38. The van der Waals surface area contributed by atoms with Crippen molar-refractivity contribution in [3.63, 3.8) is 0 Å². The van der Waals surface area contributed by atoms with Crippen LogP contribution in [0.5, 0.6) is 5.75 Å². The third kappa shape index (κ3) is 12.3. The molecule has 0 fully saturated rings. The number of methoxy groups -OCH3 is 1. The molecule has 0 unspecified atom stereocenters. The van der Waals surface area contributed by atoms with Gasteiger partial charge in [0.1, 0.15) is 25.0 Å². The minimum atomic E-state index is -1.06. The van der Waals surface area contributed by atoms with E-state index in [1.54, 1.807) is 30.2 Å². The van der Waals surface area contributed by atoms with E-state index in [1.165, 1.54) is 0 Å². The number of nitrogens with two attached hydrogens (primary N) is 1. The Labute approximate surface area is 332 Å². The van der Waals surface area contributed by atoms with Gasteiger partial charge in [-0.15, -0.1) is 4.99 Å². The summed E-state index contributed by atoms with van der Waals surface area (Å²) in [5, 5.41) is 5.43. The van der Waals surface area contributed by atoms with Crippen LogP contribution in [0.4, 0.5) is 9.59 Å². The van der Waals surface area contributed by atoms with Gasteiger partial charge in [0.25, 0.3) is 0 Å². The van der Waals surface area contributed by atoms with Crippen LogP contribution in [0, 0.1) is 0 Å². The topological polar surface area (TPSA) is 162 Å². The fourth-order valence-electron chi connectivity index (χ4n) is 6.33. The number of benzene rings is 5. The molecule has 294 valence electrons. The van der Waals surface area contributed by atoms with Crippen LogP contribution in [-0.4, -0.2) is 54.6 Å². The number of hydrogen-bond acceptors (Lipinski definition) is 7. The van der Waals surface area contributed by atoms with Gasteiger partial charge in [0.05, 0.1) is 19.1 Å². The lowest BCUT2D eigenvalue weighted by molar-refractivity contribution is -0.142. The molecule has 12 heteroatoms. The third-order valence-electron chi connectivity index (χ3n) is 9.21. The molecule has 0 aliphatic rings. The van der Waals surface area contributed by atoms with E-state index >= 15 is 4.79 Å². The Morgan fingerprint density at radius 2 is 1.23 bits per heavy atom. The summed E-state index contributed by atoms with van der Waals surface area (Å²) in [4.78, 5) is 59.5. The average molecular weight is 770 g/mol. The van der Waals surface area contributed by atoms with Crippen LogP contribution in [0.15, 0.2) is 151 Å². The Hall–Kier alpha value is -6.95. The summed E-state index contributed by atoms with van der Waals surface area (Å²) in [6.45, 7) is 1.92. The van der Waals surface area contributed by atoms with Crippen molar-refractivity contribution in [3.05, 3.63) is 173 Å². The Kier molecular flexibility index (Phi) is 15.3. The number of aliphatic imine (C=N–C) groups is 1. The van der Waals surface area contributed by atoms with E-state index in [-0.39, 0.29) is 44.5 Å². The Morgan fingerprint density at radius 1 is 0.702 bits per heavy atom. The van der Waals surface area contributed by atoms with Crippen LogP contribution in [0.25, 0.3) is 0 Å². The van der Waals surface area contributed by atoms with Crippen LogP contribution < -0.4 is 21.1 Å². The van der Waals surface area contributed by atoms with Crippen LogP contribution in [0.3, 0.4) is 0 Å². The van der Waals surface area contributed by atoms with Crippen molar-refractivity contribution in [2.45, 2.75) is 51.0 Å². The number of nitrogens with one attached hydrogen (secondary N) is 2. The molecule has 12 nitrogen and oxygen atoms in total. The summed E-state index contributed by atoms with van der Waals surface area (Å²) in [5.74, 6) is -1.37. The minimum absolute atomic E-state index is 0.0129. The molecule has 2 atom stereocenters. The SMILES string of the molecule is COc1cccc([C@@H](C)N(C(=O)C(c2ccccc2)c2ccccc2)[C@H](CCCNC(=NC(=O)OCc2ccccc2)NC(=O)OCc2ccccc2)C(N)=O)c1. The second kappa shape index (κ2) is 21.2. The number of ether oxygens (including phenoxy) is 3. The number of primary amides is 1. The molecule has 5 rings (SSSR count). The fourth-order valence-corrected chi connectivity index (χ4v) is 6.33. The number of carbonyl (C=O) groups excluding carboxylic acids is 4. The highest BCUT2D eigenvalue weighted by molar-refractivity contribution is 5.98. The monoisotopic (exact) mass is 769 g/mol. The molecular weight excluding hydrogens is 723 g/mol. The summed E-state index contributed by atoms with van der Waals surface area (Å²) in [5.41, 5.74) is 9.90. The smallest absolute Gasteiger partial charge is 0.437 e. The number of amides is 4. The molecule has 4 N–H and O–H groups in total. The molecule has 5 aromatic rings. The number of alkyl carbamates (subject to hydrolysis) is 1. The lowest BCUT2D eigenvalue weighted by Crippen LogP contribution is -2.51. The van der Waals surface area contributed by atoms with Crippen molar-refractivity contribution in [2.24, 2.45) is 10.7 Å². The number of nitrogens with zero attached hydrogens (tertiary/aromatic N) is 2. The van der Waals surface area contributed by atoms with E-state index in [1.807, 2.05) is 134 Å². The van der Waals surface area contributed by atoms with Crippen LogP contribution in [0.2, 0.25) is 0 Å². The van der Waals surface area contributed by atoms with Gasteiger partial charge < -0.3 is 30.2 Å². The largest absolute Gasteiger partial charge is 0.497 e. The molecular formula is C45H47N5O7. The molecule has 0 heterocycles. The molecule has 0 aliphatic carbocycles. The first-order valence-electron chi connectivity index (χ1n) is 18.6. The second-order valence-electron chi connectivity index (χ2n) is 13.1. The van der Waals surface area contributed by atoms with Gasteiger partial charge in [-0.25, -0.2) is 9.59 Å². The highest BCUT2D eigenvalue weighted by Gasteiger charge is 2.37. The van der Waals surface area contributed by atoms with Crippen molar-refractivity contribution in [1.82, 2.24) is 15.5 Å². The molecule has 0 saturated carbocycles. The minimum Gasteiger partial charge on any atom is -0.497 e. The van der Waals surface area contributed by atoms with Crippen LogP contribution in [0.1, 0.15) is 59.5 Å². The molecule has 57 heavy (non-hydrogen) atoms. The molecule has 0 spiro atoms. The van der Waals surface area contributed by atoms with Gasteiger partial charge in [-0.3, -0.25) is 14.9 Å². The van der Waals surface area contributed by atoms with Gasteiger partial charge in [0.15, 0.2) is 0 Å². The normalized spacial score (nSPS) is 12.2. The Morgan fingerprint density at radius 3 is 1.77 bits per heavy atom. The molecule has 0 radical (unpaired) electrons. The third-order valence-corrected chi connectivity index (χ3v) is 9.21. The first kappa shape index (κ1) is 41.2. The Bertz CT molecular complexity index is 2040. The van der Waals surface area contributed by atoms with Gasteiger partial charge in [-0.1, -0.05) is 133 Å². The highest BCUT2D eigenvalue weighted by Crippen LogP contribution is 2.34.